The number of nitrogens with zero attached hydrogens (tertiary/aromatic N) is 2. The van der Waals surface area contributed by atoms with Crippen molar-refractivity contribution in [3.05, 3.63) is 57.6 Å². The van der Waals surface area contributed by atoms with Gasteiger partial charge in [0.25, 0.3) is 5.91 Å². The molecule has 3 aliphatic rings. The molecule has 6 N–H and O–H groups in total. The van der Waals surface area contributed by atoms with E-state index in [0.29, 0.717) is 12.1 Å². The number of aliphatic hydroxyl groups is 3. The van der Waals surface area contributed by atoms with Gasteiger partial charge in [-0.25, -0.2) is 0 Å². The molecule has 4 atom stereocenters. The number of carbonyl (C=O) groups excluding carboxylic acids is 3. The van der Waals surface area contributed by atoms with Crippen molar-refractivity contribution < 1.29 is 34.8 Å². The van der Waals surface area contributed by atoms with Gasteiger partial charge in [0.15, 0.2) is 11.4 Å². The van der Waals surface area contributed by atoms with Gasteiger partial charge < -0.3 is 31.1 Å². The number of aliphatic hydroxyl groups excluding tert-OH is 2. The Hall–Kier alpha value is -3.47. The number of fused-ring (bicyclic) bond motifs is 3. The number of hydrogen-bond acceptors (Lipinski definition) is 9. The Labute approximate surface area is 208 Å². The van der Waals surface area contributed by atoms with Crippen molar-refractivity contribution in [3.8, 4) is 5.75 Å². The van der Waals surface area contributed by atoms with Crippen LogP contribution in [0.3, 0.4) is 0 Å². The SMILES string of the molecule is CN(C)C/C=C/c1ccc(O)c2c1C[C@H]1C[C@H]3[C@H](N(C)C)C(O)=C(C(N)=O)C(=O)[C@@]3(O)C(O)=C1C2=O. The smallest absolute Gasteiger partial charge is 0.255 e. The van der Waals surface area contributed by atoms with Crippen molar-refractivity contribution in [1.82, 2.24) is 9.80 Å². The number of phenols is 1. The number of Topliss-reactive ketones (excluding diaryl/α,β-unsaturated/α-hetero) is 2. The average molecular weight is 498 g/mol. The summed E-state index contributed by atoms with van der Waals surface area (Å²) in [5, 5.41) is 44.3. The van der Waals surface area contributed by atoms with Gasteiger partial charge in [-0.3, -0.25) is 19.3 Å². The molecule has 0 heterocycles. The average Bonchev–Trinajstić information content (AvgIpc) is 2.77. The summed E-state index contributed by atoms with van der Waals surface area (Å²) < 4.78 is 0. The number of carbonyl (C=O) groups is 3. The summed E-state index contributed by atoms with van der Waals surface area (Å²) in [4.78, 5) is 42.4. The number of likely N-dealkylation sites (N-methyl/N-ethyl adjacent to an activating group) is 2. The van der Waals surface area contributed by atoms with Crippen molar-refractivity contribution >= 4 is 23.5 Å². The minimum atomic E-state index is -2.64. The maximum Gasteiger partial charge on any atom is 0.255 e. The number of amides is 1. The van der Waals surface area contributed by atoms with Crippen LogP contribution in [0, 0.1) is 11.8 Å². The maximum absolute atomic E-state index is 13.6. The molecule has 0 radical (unpaired) electrons. The van der Waals surface area contributed by atoms with Gasteiger partial charge in [0, 0.05) is 18.0 Å². The highest BCUT2D eigenvalue weighted by atomic mass is 16.3. The lowest BCUT2D eigenvalue weighted by Gasteiger charge is -2.50. The zero-order chi connectivity index (χ0) is 26.7. The molecular weight excluding hydrogens is 466 g/mol. The minimum absolute atomic E-state index is 0.00258. The highest BCUT2D eigenvalue weighted by Gasteiger charge is 2.63. The van der Waals surface area contributed by atoms with E-state index in [1.54, 1.807) is 20.2 Å². The Morgan fingerprint density at radius 3 is 2.42 bits per heavy atom. The first kappa shape index (κ1) is 25.6. The van der Waals surface area contributed by atoms with Gasteiger partial charge in [0.05, 0.1) is 11.6 Å². The van der Waals surface area contributed by atoms with Gasteiger partial charge in [-0.15, -0.1) is 0 Å². The zero-order valence-electron chi connectivity index (χ0n) is 20.6. The van der Waals surface area contributed by atoms with Crippen molar-refractivity contribution in [2.24, 2.45) is 17.6 Å². The van der Waals surface area contributed by atoms with Crippen molar-refractivity contribution in [2.75, 3.05) is 34.7 Å². The molecule has 1 amide bonds. The van der Waals surface area contributed by atoms with Gasteiger partial charge in [0.2, 0.25) is 5.78 Å². The fourth-order valence-corrected chi connectivity index (χ4v) is 5.82. The molecule has 1 aromatic rings. The molecule has 0 aromatic heterocycles. The second-order valence-corrected chi connectivity index (χ2v) is 10.2. The summed E-state index contributed by atoms with van der Waals surface area (Å²) in [6.45, 7) is 0.661. The Kier molecular flexibility index (Phi) is 6.32. The van der Waals surface area contributed by atoms with Crippen LogP contribution in [0.15, 0.2) is 40.9 Å². The number of allylic oxidation sites excluding steroid dienone is 1. The first-order valence-electron chi connectivity index (χ1n) is 11.6. The van der Waals surface area contributed by atoms with Crippen LogP contribution in [-0.4, -0.2) is 94.1 Å². The first-order chi connectivity index (χ1) is 16.8. The van der Waals surface area contributed by atoms with Crippen LogP contribution in [0.1, 0.15) is 27.9 Å². The van der Waals surface area contributed by atoms with E-state index in [9.17, 15) is 34.8 Å². The number of rotatable bonds is 5. The minimum Gasteiger partial charge on any atom is -0.510 e. The summed E-state index contributed by atoms with van der Waals surface area (Å²) in [6, 6.07) is 2.09. The molecule has 0 bridgehead atoms. The lowest BCUT2D eigenvalue weighted by atomic mass is 9.58. The molecule has 0 spiro atoms. The zero-order valence-corrected chi connectivity index (χ0v) is 20.6. The van der Waals surface area contributed by atoms with Gasteiger partial charge in [-0.05, 0) is 64.1 Å². The van der Waals surface area contributed by atoms with Crippen LogP contribution >= 0.6 is 0 Å². The summed E-state index contributed by atoms with van der Waals surface area (Å²) in [5.41, 5.74) is 3.06. The molecule has 0 fully saturated rings. The monoisotopic (exact) mass is 497 g/mol. The lowest BCUT2D eigenvalue weighted by molar-refractivity contribution is -0.148. The summed E-state index contributed by atoms with van der Waals surface area (Å²) in [5.74, 6) is -6.56. The van der Waals surface area contributed by atoms with E-state index in [-0.39, 0.29) is 29.7 Å². The fourth-order valence-electron chi connectivity index (χ4n) is 5.82. The van der Waals surface area contributed by atoms with Crippen LogP contribution in [0.2, 0.25) is 0 Å². The Balaban J connectivity index is 1.90. The third-order valence-electron chi connectivity index (χ3n) is 7.41. The second kappa shape index (κ2) is 8.88. The molecule has 192 valence electrons. The van der Waals surface area contributed by atoms with Crippen LogP contribution in [0.5, 0.6) is 5.75 Å². The molecule has 3 aliphatic carbocycles. The molecule has 0 aliphatic heterocycles. The highest BCUT2D eigenvalue weighted by Crippen LogP contribution is 2.52. The molecule has 4 rings (SSSR count). The number of phenolic OH excluding ortho intramolecular Hbond substituents is 1. The van der Waals surface area contributed by atoms with E-state index < -0.39 is 58.0 Å². The number of hydrogen-bond donors (Lipinski definition) is 5. The van der Waals surface area contributed by atoms with Crippen LogP contribution < -0.4 is 5.73 Å². The van der Waals surface area contributed by atoms with Gasteiger partial charge in [-0.1, -0.05) is 18.2 Å². The number of benzene rings is 1. The number of primary amides is 1. The van der Waals surface area contributed by atoms with Crippen molar-refractivity contribution in [1.29, 1.82) is 0 Å². The number of aromatic hydroxyl groups is 1. The van der Waals surface area contributed by atoms with E-state index in [4.69, 9.17) is 5.73 Å². The van der Waals surface area contributed by atoms with E-state index in [2.05, 4.69) is 0 Å². The predicted octanol–water partition coefficient (Wildman–Crippen LogP) is 0.695. The topological polar surface area (TPSA) is 165 Å². The molecule has 10 heteroatoms. The second-order valence-electron chi connectivity index (χ2n) is 10.2. The molecule has 0 unspecified atom stereocenters. The molecular formula is C26H31N3O7. The molecule has 36 heavy (non-hydrogen) atoms. The normalized spacial score (nSPS) is 28.1. The number of ketones is 2. The van der Waals surface area contributed by atoms with E-state index >= 15 is 0 Å². The van der Waals surface area contributed by atoms with Crippen LogP contribution in [0.4, 0.5) is 0 Å². The van der Waals surface area contributed by atoms with Crippen molar-refractivity contribution in [3.63, 3.8) is 0 Å². The molecule has 0 saturated heterocycles. The predicted molar refractivity (Wildman–Crippen MR) is 131 cm³/mol. The van der Waals surface area contributed by atoms with Gasteiger partial charge in [0.1, 0.15) is 22.8 Å². The van der Waals surface area contributed by atoms with Gasteiger partial charge in [-0.2, -0.15) is 0 Å². The standard InChI is InChI=1S/C26H31N3O7/c1-28(2)9-5-6-12-7-8-16(30)18-14(12)10-13-11-15-20(29(3)4)22(32)19(25(27)35)24(34)26(15,36)23(33)17(13)21(18)31/h5-8,13,15,20,30,32-33,36H,9-11H2,1-4H3,(H2,27,35)/b6-5+/t13-,15-,20-,26-/m0/s1. The Morgan fingerprint density at radius 2 is 1.83 bits per heavy atom. The molecule has 0 saturated carbocycles. The first-order valence-corrected chi connectivity index (χ1v) is 11.6. The summed E-state index contributed by atoms with van der Waals surface area (Å²) in [6.07, 6.45) is 4.10. The third-order valence-corrected chi connectivity index (χ3v) is 7.41. The summed E-state index contributed by atoms with van der Waals surface area (Å²) >= 11 is 0. The Morgan fingerprint density at radius 1 is 1.17 bits per heavy atom. The molecule has 10 nitrogen and oxygen atoms in total. The van der Waals surface area contributed by atoms with Crippen LogP contribution in [-0.2, 0) is 16.0 Å². The van der Waals surface area contributed by atoms with E-state index in [1.165, 1.54) is 11.0 Å². The highest BCUT2D eigenvalue weighted by molar-refractivity contribution is 6.24. The number of nitrogens with two attached hydrogens (primary N) is 1. The fraction of sp³-hybridized carbons (Fsp3) is 0.423. The lowest BCUT2D eigenvalue weighted by Crippen LogP contribution is -2.63. The molecule has 1 aromatic carbocycles. The largest absolute Gasteiger partial charge is 0.510 e. The van der Waals surface area contributed by atoms with Gasteiger partial charge >= 0.3 is 0 Å². The van der Waals surface area contributed by atoms with Crippen LogP contribution in [0.25, 0.3) is 6.08 Å². The summed E-state index contributed by atoms with van der Waals surface area (Å²) in [7, 11) is 7.03. The third kappa shape index (κ3) is 3.64. The maximum atomic E-state index is 13.6. The van der Waals surface area contributed by atoms with Crippen molar-refractivity contribution in [2.45, 2.75) is 24.5 Å². The van der Waals surface area contributed by atoms with E-state index in [1.807, 2.05) is 31.1 Å². The van der Waals surface area contributed by atoms with E-state index in [0.717, 1.165) is 5.56 Å². The quantitative estimate of drug-likeness (QED) is 0.368. The Bertz CT molecular complexity index is 1260.